The predicted octanol–water partition coefficient (Wildman–Crippen LogP) is 2.70. The van der Waals surface area contributed by atoms with E-state index in [4.69, 9.17) is 5.73 Å². The second-order valence-electron chi connectivity index (χ2n) is 3.00. The van der Waals surface area contributed by atoms with E-state index in [9.17, 15) is 9.18 Å². The van der Waals surface area contributed by atoms with E-state index < -0.39 is 0 Å². The molecule has 0 saturated carbocycles. The van der Waals surface area contributed by atoms with Crippen LogP contribution < -0.4 is 5.73 Å². The van der Waals surface area contributed by atoms with Crippen LogP contribution in [0.25, 0.3) is 0 Å². The molecule has 0 heterocycles. The number of nitrogens with two attached hydrogens (primary N) is 1. The van der Waals surface area contributed by atoms with Gasteiger partial charge in [0.1, 0.15) is 5.82 Å². The highest BCUT2D eigenvalue weighted by atomic mass is 79.9. The van der Waals surface area contributed by atoms with Crippen LogP contribution in [0.4, 0.5) is 4.39 Å². The molecule has 0 atom stereocenters. The second-order valence-corrected chi connectivity index (χ2v) is 4.96. The van der Waals surface area contributed by atoms with Gasteiger partial charge in [-0.2, -0.15) is 11.8 Å². The molecule has 1 rings (SSSR count). The van der Waals surface area contributed by atoms with E-state index in [1.54, 1.807) is 17.8 Å². The Balaban J connectivity index is 2.43. The molecule has 82 valence electrons. The molecule has 0 aliphatic rings. The third kappa shape index (κ3) is 4.66. The molecule has 0 fully saturated rings. The van der Waals surface area contributed by atoms with Crippen molar-refractivity contribution in [3.63, 3.8) is 0 Å². The lowest BCUT2D eigenvalue weighted by molar-refractivity contribution is -0.117. The summed E-state index contributed by atoms with van der Waals surface area (Å²) in [6, 6.07) is 4.57. The Morgan fingerprint density at radius 2 is 2.27 bits per heavy atom. The first-order valence-electron chi connectivity index (χ1n) is 4.39. The maximum atomic E-state index is 12.9. The van der Waals surface area contributed by atoms with Gasteiger partial charge in [-0.25, -0.2) is 4.39 Å². The number of amides is 1. The largest absolute Gasteiger partial charge is 0.370 e. The number of hydrogen-bond acceptors (Lipinski definition) is 2. The Morgan fingerprint density at radius 1 is 1.53 bits per heavy atom. The van der Waals surface area contributed by atoms with Crippen molar-refractivity contribution in [3.8, 4) is 0 Å². The van der Waals surface area contributed by atoms with E-state index in [0.717, 1.165) is 10.0 Å². The fourth-order valence-corrected chi connectivity index (χ4v) is 2.53. The number of rotatable bonds is 5. The summed E-state index contributed by atoms with van der Waals surface area (Å²) in [5, 5.41) is 0. The molecule has 1 amide bonds. The van der Waals surface area contributed by atoms with Crippen LogP contribution in [-0.2, 0) is 10.5 Å². The third-order valence-electron chi connectivity index (χ3n) is 1.76. The monoisotopic (exact) mass is 291 g/mol. The van der Waals surface area contributed by atoms with Gasteiger partial charge in [0.05, 0.1) is 0 Å². The van der Waals surface area contributed by atoms with E-state index in [1.165, 1.54) is 12.1 Å². The molecule has 0 spiro atoms. The molecule has 0 saturated heterocycles. The maximum absolute atomic E-state index is 12.9. The minimum atomic E-state index is -0.305. The lowest BCUT2D eigenvalue weighted by Crippen LogP contribution is -2.10. The number of halogens is 2. The van der Waals surface area contributed by atoms with Gasteiger partial charge in [-0.1, -0.05) is 15.9 Å². The van der Waals surface area contributed by atoms with Gasteiger partial charge in [-0.15, -0.1) is 0 Å². The Hall–Kier alpha value is -0.550. The van der Waals surface area contributed by atoms with Gasteiger partial charge in [-0.3, -0.25) is 4.79 Å². The molecule has 0 aromatic heterocycles. The molecule has 0 radical (unpaired) electrons. The average molecular weight is 292 g/mol. The van der Waals surface area contributed by atoms with Crippen LogP contribution in [0.1, 0.15) is 12.0 Å². The average Bonchev–Trinajstić information content (AvgIpc) is 2.17. The third-order valence-corrected chi connectivity index (χ3v) is 3.54. The summed E-state index contributed by atoms with van der Waals surface area (Å²) in [6.07, 6.45) is 0.359. The maximum Gasteiger partial charge on any atom is 0.218 e. The zero-order chi connectivity index (χ0) is 11.3. The summed E-state index contributed by atoms with van der Waals surface area (Å²) in [7, 11) is 0. The zero-order valence-electron chi connectivity index (χ0n) is 8.00. The summed E-state index contributed by atoms with van der Waals surface area (Å²) in [5.74, 6) is 0.786. The van der Waals surface area contributed by atoms with Crippen molar-refractivity contribution in [1.29, 1.82) is 0 Å². The van der Waals surface area contributed by atoms with Crippen LogP contribution in [0.15, 0.2) is 22.7 Å². The quantitative estimate of drug-likeness (QED) is 0.848. The first kappa shape index (κ1) is 12.5. The van der Waals surface area contributed by atoms with Crippen molar-refractivity contribution < 1.29 is 9.18 Å². The first-order chi connectivity index (χ1) is 7.09. The standard InChI is InChI=1S/C10H11BrFNOS/c11-9-2-1-8(12)5-7(9)6-15-4-3-10(13)14/h1-2,5H,3-4,6H2,(H2,13,14). The van der Waals surface area contributed by atoms with Crippen molar-refractivity contribution in [2.24, 2.45) is 5.73 Å². The molecule has 0 aliphatic carbocycles. The molecule has 2 nitrogen and oxygen atoms in total. The fraction of sp³-hybridized carbons (Fsp3) is 0.300. The summed E-state index contributed by atoms with van der Waals surface area (Å²) in [4.78, 5) is 10.5. The van der Waals surface area contributed by atoms with Gasteiger partial charge in [0.15, 0.2) is 0 Å². The highest BCUT2D eigenvalue weighted by Gasteiger charge is 2.02. The number of carbonyl (C=O) groups is 1. The molecule has 1 aromatic rings. The van der Waals surface area contributed by atoms with E-state index in [0.29, 0.717) is 17.9 Å². The normalized spacial score (nSPS) is 10.3. The molecule has 5 heteroatoms. The zero-order valence-corrected chi connectivity index (χ0v) is 10.4. The molecule has 0 bridgehead atoms. The Kier molecular flexibility index (Phi) is 5.11. The van der Waals surface area contributed by atoms with Gasteiger partial charge in [-0.05, 0) is 23.8 Å². The molecular weight excluding hydrogens is 281 g/mol. The van der Waals surface area contributed by atoms with Crippen LogP contribution in [0.5, 0.6) is 0 Å². The van der Waals surface area contributed by atoms with Crippen LogP contribution in [0.3, 0.4) is 0 Å². The smallest absolute Gasteiger partial charge is 0.218 e. The Labute approximate surface area is 101 Å². The number of primary amides is 1. The SMILES string of the molecule is NC(=O)CCSCc1cc(F)ccc1Br. The van der Waals surface area contributed by atoms with E-state index in [1.807, 2.05) is 0 Å². The Bertz CT molecular complexity index is 359. The minimum absolute atomic E-state index is 0.247. The number of hydrogen-bond donors (Lipinski definition) is 1. The molecular formula is C10H11BrFNOS. The highest BCUT2D eigenvalue weighted by Crippen LogP contribution is 2.22. The van der Waals surface area contributed by atoms with Crippen LogP contribution in [0, 0.1) is 5.82 Å². The summed E-state index contributed by atoms with van der Waals surface area (Å²) in [6.45, 7) is 0. The molecule has 2 N–H and O–H groups in total. The molecule has 15 heavy (non-hydrogen) atoms. The Morgan fingerprint density at radius 3 is 2.93 bits per heavy atom. The molecule has 1 aromatic carbocycles. The van der Waals surface area contributed by atoms with Crippen LogP contribution >= 0.6 is 27.7 Å². The van der Waals surface area contributed by atoms with Crippen LogP contribution in [-0.4, -0.2) is 11.7 Å². The van der Waals surface area contributed by atoms with Crippen molar-refractivity contribution in [2.45, 2.75) is 12.2 Å². The van der Waals surface area contributed by atoms with E-state index in [2.05, 4.69) is 15.9 Å². The highest BCUT2D eigenvalue weighted by molar-refractivity contribution is 9.10. The minimum Gasteiger partial charge on any atom is -0.370 e. The topological polar surface area (TPSA) is 43.1 Å². The number of thioether (sulfide) groups is 1. The van der Waals surface area contributed by atoms with Crippen molar-refractivity contribution in [3.05, 3.63) is 34.1 Å². The predicted molar refractivity (Wildman–Crippen MR) is 64.1 cm³/mol. The van der Waals surface area contributed by atoms with Crippen LogP contribution in [0.2, 0.25) is 0 Å². The van der Waals surface area contributed by atoms with Crippen molar-refractivity contribution in [1.82, 2.24) is 0 Å². The second kappa shape index (κ2) is 6.12. The van der Waals surface area contributed by atoms with Crippen molar-refractivity contribution >= 4 is 33.6 Å². The summed E-state index contributed by atoms with van der Waals surface area (Å²) in [5.41, 5.74) is 5.90. The number of carbonyl (C=O) groups excluding carboxylic acids is 1. The van der Waals surface area contributed by atoms with E-state index >= 15 is 0 Å². The van der Waals surface area contributed by atoms with Gasteiger partial charge in [0, 0.05) is 22.4 Å². The summed E-state index contributed by atoms with van der Waals surface area (Å²) >= 11 is 4.90. The van der Waals surface area contributed by atoms with Crippen molar-refractivity contribution in [2.75, 3.05) is 5.75 Å². The molecule has 0 aliphatic heterocycles. The lowest BCUT2D eigenvalue weighted by Gasteiger charge is -2.03. The van der Waals surface area contributed by atoms with Gasteiger partial charge in [0.25, 0.3) is 0 Å². The van der Waals surface area contributed by atoms with E-state index in [-0.39, 0.29) is 11.7 Å². The van der Waals surface area contributed by atoms with Gasteiger partial charge >= 0.3 is 0 Å². The first-order valence-corrected chi connectivity index (χ1v) is 6.34. The molecule has 0 unspecified atom stereocenters. The van der Waals surface area contributed by atoms with Gasteiger partial charge < -0.3 is 5.73 Å². The fourth-order valence-electron chi connectivity index (χ4n) is 1.01. The lowest BCUT2D eigenvalue weighted by atomic mass is 10.2. The summed E-state index contributed by atoms with van der Waals surface area (Å²) < 4.78 is 13.8. The number of benzene rings is 1. The van der Waals surface area contributed by atoms with Gasteiger partial charge in [0.2, 0.25) is 5.91 Å².